The summed E-state index contributed by atoms with van der Waals surface area (Å²) in [5, 5.41) is 2.15. The van der Waals surface area contributed by atoms with E-state index in [1.165, 1.54) is 0 Å². The number of nitrogens with zero attached hydrogens (tertiary/aromatic N) is 1. The minimum Gasteiger partial charge on any atom is -0.478 e. The first-order valence-corrected chi connectivity index (χ1v) is 3.39. The zero-order chi connectivity index (χ0) is 7.26. The fraction of sp³-hybridized carbons (Fsp3) is 0.143. The highest BCUT2D eigenvalue weighted by Gasteiger charge is 2.13. The van der Waals surface area contributed by atoms with E-state index in [0.717, 1.165) is 16.3 Å². The third-order valence-corrected chi connectivity index (χ3v) is 1.90. The van der Waals surface area contributed by atoms with Crippen LogP contribution in [-0.4, -0.2) is 4.57 Å². The van der Waals surface area contributed by atoms with Gasteiger partial charge in [0.15, 0.2) is 12.5 Å². The van der Waals surface area contributed by atoms with Crippen LogP contribution in [0.5, 0.6) is 5.75 Å². The fourth-order valence-corrected chi connectivity index (χ4v) is 1.37. The maximum Gasteiger partial charge on any atom is 0.182 e. The van der Waals surface area contributed by atoms with Gasteiger partial charge in [-0.05, 0) is 0 Å². The van der Waals surface area contributed by atoms with Gasteiger partial charge in [-0.2, -0.15) is 0 Å². The van der Waals surface area contributed by atoms with Gasteiger partial charge in [-0.25, -0.2) is 5.48 Å². The molecule has 0 aliphatic carbocycles. The first-order valence-electron chi connectivity index (χ1n) is 3.39. The average molecular weight is 150 g/mol. The SMILES string of the molecule is C1=c2c(cn3c2=COC3)ON1. The predicted molar refractivity (Wildman–Crippen MR) is 37.5 cm³/mol. The van der Waals surface area contributed by atoms with Crippen molar-refractivity contribution in [1.82, 2.24) is 10.0 Å². The lowest BCUT2D eigenvalue weighted by molar-refractivity contribution is 0.232. The molecule has 3 heterocycles. The molecule has 0 fully saturated rings. The van der Waals surface area contributed by atoms with E-state index in [1.807, 2.05) is 17.0 Å². The van der Waals surface area contributed by atoms with Gasteiger partial charge < -0.3 is 14.1 Å². The molecular formula is C7H6N2O2. The Balaban J connectivity index is 2.52. The molecule has 4 heteroatoms. The summed E-state index contributed by atoms with van der Waals surface area (Å²) < 4.78 is 7.12. The van der Waals surface area contributed by atoms with Gasteiger partial charge in [0.1, 0.15) is 6.26 Å². The number of hydrogen-bond acceptors (Lipinski definition) is 3. The molecule has 0 bridgehead atoms. The van der Waals surface area contributed by atoms with Crippen LogP contribution in [0.15, 0.2) is 6.20 Å². The fourth-order valence-electron chi connectivity index (χ4n) is 1.37. The van der Waals surface area contributed by atoms with Gasteiger partial charge in [-0.3, -0.25) is 0 Å². The van der Waals surface area contributed by atoms with Gasteiger partial charge in [0.05, 0.1) is 16.8 Å². The van der Waals surface area contributed by atoms with Crippen molar-refractivity contribution in [3.8, 4) is 5.75 Å². The van der Waals surface area contributed by atoms with Crippen LogP contribution in [-0.2, 0) is 11.5 Å². The normalized spacial score (nSPS) is 16.7. The molecule has 1 aromatic heterocycles. The van der Waals surface area contributed by atoms with Gasteiger partial charge in [-0.1, -0.05) is 0 Å². The highest BCUT2D eigenvalue weighted by molar-refractivity contribution is 5.39. The maximum absolute atomic E-state index is 5.11. The van der Waals surface area contributed by atoms with Gasteiger partial charge in [0.25, 0.3) is 0 Å². The van der Waals surface area contributed by atoms with E-state index in [2.05, 4.69) is 5.48 Å². The van der Waals surface area contributed by atoms with Crippen LogP contribution in [0, 0.1) is 0 Å². The van der Waals surface area contributed by atoms with Crippen LogP contribution in [0.25, 0.3) is 12.5 Å². The van der Waals surface area contributed by atoms with Gasteiger partial charge in [0.2, 0.25) is 0 Å². The molecule has 0 radical (unpaired) electrons. The van der Waals surface area contributed by atoms with E-state index in [4.69, 9.17) is 9.57 Å². The lowest BCUT2D eigenvalue weighted by Gasteiger charge is -1.95. The second-order valence-corrected chi connectivity index (χ2v) is 2.54. The molecule has 0 amide bonds. The number of ether oxygens (including phenoxy) is 1. The predicted octanol–water partition coefficient (Wildman–Crippen LogP) is -1.15. The molecule has 0 saturated carbocycles. The highest BCUT2D eigenvalue weighted by atomic mass is 16.6. The van der Waals surface area contributed by atoms with Crippen molar-refractivity contribution < 1.29 is 9.57 Å². The van der Waals surface area contributed by atoms with Crippen molar-refractivity contribution in [1.29, 1.82) is 0 Å². The molecule has 2 aliphatic rings. The van der Waals surface area contributed by atoms with Gasteiger partial charge in [-0.15, -0.1) is 0 Å². The Kier molecular flexibility index (Phi) is 0.711. The lowest BCUT2D eigenvalue weighted by Crippen LogP contribution is -2.24. The summed E-state index contributed by atoms with van der Waals surface area (Å²) in [6.45, 7) is 0.597. The van der Waals surface area contributed by atoms with Crippen LogP contribution in [0.1, 0.15) is 0 Å². The number of hydrogen-bond donors (Lipinski definition) is 1. The van der Waals surface area contributed by atoms with Crippen LogP contribution in [0.3, 0.4) is 0 Å². The topological polar surface area (TPSA) is 35.4 Å². The highest BCUT2D eigenvalue weighted by Crippen LogP contribution is 2.05. The van der Waals surface area contributed by atoms with Crippen molar-refractivity contribution in [3.05, 3.63) is 16.8 Å². The third kappa shape index (κ3) is 0.497. The Labute approximate surface area is 62.3 Å². The minimum atomic E-state index is 0.597. The van der Waals surface area contributed by atoms with Crippen molar-refractivity contribution in [2.24, 2.45) is 0 Å². The lowest BCUT2D eigenvalue weighted by atomic mass is 10.4. The molecule has 3 rings (SSSR count). The summed E-state index contributed by atoms with van der Waals surface area (Å²) in [7, 11) is 0. The Morgan fingerprint density at radius 3 is 3.55 bits per heavy atom. The zero-order valence-electron chi connectivity index (χ0n) is 5.70. The molecule has 0 spiro atoms. The van der Waals surface area contributed by atoms with E-state index in [1.54, 1.807) is 6.26 Å². The molecule has 0 saturated heterocycles. The number of fused-ring (bicyclic) bond motifs is 3. The van der Waals surface area contributed by atoms with E-state index in [-0.39, 0.29) is 0 Å². The van der Waals surface area contributed by atoms with Crippen LogP contribution in [0.2, 0.25) is 0 Å². The molecule has 1 aromatic rings. The van der Waals surface area contributed by atoms with E-state index in [0.29, 0.717) is 6.73 Å². The first-order chi connectivity index (χ1) is 5.45. The third-order valence-electron chi connectivity index (χ3n) is 1.90. The summed E-state index contributed by atoms with van der Waals surface area (Å²) >= 11 is 0. The zero-order valence-corrected chi connectivity index (χ0v) is 5.70. The Morgan fingerprint density at radius 2 is 2.55 bits per heavy atom. The van der Waals surface area contributed by atoms with Gasteiger partial charge >= 0.3 is 0 Å². The molecule has 0 aromatic carbocycles. The summed E-state index contributed by atoms with van der Waals surface area (Å²) in [4.78, 5) is 5.09. The standard InChI is InChI=1S/C7H6N2O2/c1-5-6-3-10-4-9(6)2-7(5)11-8-1/h1-3,8H,4H2. The van der Waals surface area contributed by atoms with Crippen molar-refractivity contribution in [2.45, 2.75) is 6.73 Å². The molecule has 0 unspecified atom stereocenters. The quantitative estimate of drug-likeness (QED) is 0.507. The van der Waals surface area contributed by atoms with Crippen molar-refractivity contribution in [2.75, 3.05) is 0 Å². The number of nitrogens with one attached hydrogen (secondary N) is 1. The summed E-state index contributed by atoms with van der Waals surface area (Å²) in [6.07, 6.45) is 5.49. The van der Waals surface area contributed by atoms with Gasteiger partial charge in [0, 0.05) is 6.20 Å². The van der Waals surface area contributed by atoms with Crippen molar-refractivity contribution in [3.63, 3.8) is 0 Å². The molecule has 1 N–H and O–H groups in total. The average Bonchev–Trinajstić information content (AvgIpc) is 2.52. The molecule has 2 aliphatic heterocycles. The van der Waals surface area contributed by atoms with E-state index >= 15 is 0 Å². The second-order valence-electron chi connectivity index (χ2n) is 2.54. The van der Waals surface area contributed by atoms with Crippen LogP contribution < -0.4 is 20.9 Å². The molecule has 4 nitrogen and oxygen atoms in total. The maximum atomic E-state index is 5.11. The summed E-state index contributed by atoms with van der Waals surface area (Å²) in [5.74, 6) is 0.875. The number of hydroxylamine groups is 1. The first kappa shape index (κ1) is 5.12. The van der Waals surface area contributed by atoms with Crippen LogP contribution in [0.4, 0.5) is 0 Å². The molecular weight excluding hydrogens is 144 g/mol. The largest absolute Gasteiger partial charge is 0.478 e. The monoisotopic (exact) mass is 150 g/mol. The second kappa shape index (κ2) is 1.53. The molecule has 0 atom stereocenters. The smallest absolute Gasteiger partial charge is 0.182 e. The molecule has 11 heavy (non-hydrogen) atoms. The van der Waals surface area contributed by atoms with E-state index in [9.17, 15) is 0 Å². The van der Waals surface area contributed by atoms with Crippen molar-refractivity contribution >= 4 is 12.5 Å². The number of aromatic nitrogens is 1. The molecule has 56 valence electrons. The summed E-state index contributed by atoms with van der Waals surface area (Å²) in [5.41, 5.74) is 2.68. The Bertz CT molecular complexity index is 380. The summed E-state index contributed by atoms with van der Waals surface area (Å²) in [6, 6.07) is 0. The Morgan fingerprint density at radius 1 is 1.55 bits per heavy atom. The van der Waals surface area contributed by atoms with Crippen LogP contribution >= 0.6 is 0 Å². The van der Waals surface area contributed by atoms with E-state index < -0.39 is 0 Å². The minimum absolute atomic E-state index is 0.597. The Hall–Kier alpha value is -1.58. The number of rotatable bonds is 0.